The van der Waals surface area contributed by atoms with Gasteiger partial charge in [0.15, 0.2) is 0 Å². The number of nitrogens with two attached hydrogens (primary N) is 1. The van der Waals surface area contributed by atoms with E-state index in [0.717, 1.165) is 0 Å². The molecule has 88 valence electrons. The van der Waals surface area contributed by atoms with E-state index in [1.165, 1.54) is 13.2 Å². The lowest BCUT2D eigenvalue weighted by molar-refractivity contribution is -0.137. The summed E-state index contributed by atoms with van der Waals surface area (Å²) in [6.07, 6.45) is 0.207. The van der Waals surface area contributed by atoms with E-state index in [-0.39, 0.29) is 18.6 Å². The Labute approximate surface area is 92.0 Å². The Bertz CT molecular complexity index is 384. The Balaban J connectivity index is 2.63. The summed E-state index contributed by atoms with van der Waals surface area (Å²) in [5.74, 6) is -1.07. The van der Waals surface area contributed by atoms with Crippen LogP contribution in [-0.4, -0.2) is 24.2 Å². The highest BCUT2D eigenvalue weighted by Crippen LogP contribution is 2.19. The van der Waals surface area contributed by atoms with Crippen LogP contribution in [0.25, 0.3) is 0 Å². The quantitative estimate of drug-likeness (QED) is 0.725. The van der Waals surface area contributed by atoms with E-state index < -0.39 is 18.0 Å². The summed E-state index contributed by atoms with van der Waals surface area (Å²) in [7, 11) is 1.24. The highest BCUT2D eigenvalue weighted by molar-refractivity contribution is 5.86. The predicted molar refractivity (Wildman–Crippen MR) is 53.8 cm³/mol. The molecule has 1 aromatic rings. The first-order valence-electron chi connectivity index (χ1n) is 4.70. The van der Waals surface area contributed by atoms with Crippen molar-refractivity contribution in [2.45, 2.75) is 18.9 Å². The monoisotopic (exact) mass is 227 g/mol. The molecule has 0 fully saturated rings. The molecular formula is C10H13NO5. The lowest BCUT2D eigenvalue weighted by Crippen LogP contribution is -2.11. The summed E-state index contributed by atoms with van der Waals surface area (Å²) < 4.78 is 9.60. The summed E-state index contributed by atoms with van der Waals surface area (Å²) in [5, 5.41) is 8.48. The number of hydrogen-bond donors (Lipinski definition) is 2. The molecule has 0 amide bonds. The standard InChI is InChI=1S/C10H13NO5/c1-15-10(14)8-4-3-7(16-8)6(11)2-5-9(12)13/h3-4,6H,2,5,11H2,1H3,(H,12,13). The number of hydrogen-bond acceptors (Lipinski definition) is 5. The van der Waals surface area contributed by atoms with Crippen molar-refractivity contribution in [3.63, 3.8) is 0 Å². The van der Waals surface area contributed by atoms with Gasteiger partial charge in [-0.15, -0.1) is 0 Å². The van der Waals surface area contributed by atoms with E-state index in [1.807, 2.05) is 0 Å². The minimum atomic E-state index is -0.921. The van der Waals surface area contributed by atoms with Gasteiger partial charge in [0.1, 0.15) is 5.76 Å². The Kier molecular flexibility index (Phi) is 4.07. The van der Waals surface area contributed by atoms with Crippen LogP contribution in [0.4, 0.5) is 0 Å². The van der Waals surface area contributed by atoms with Crippen LogP contribution in [0.15, 0.2) is 16.5 Å². The van der Waals surface area contributed by atoms with Gasteiger partial charge in [-0.2, -0.15) is 0 Å². The second-order valence-corrected chi connectivity index (χ2v) is 3.23. The van der Waals surface area contributed by atoms with Crippen molar-refractivity contribution in [1.29, 1.82) is 0 Å². The molecule has 0 bridgehead atoms. The Morgan fingerprint density at radius 2 is 2.25 bits per heavy atom. The molecule has 0 aromatic carbocycles. The van der Waals surface area contributed by atoms with Crippen molar-refractivity contribution >= 4 is 11.9 Å². The first-order valence-corrected chi connectivity index (χ1v) is 4.70. The number of rotatable bonds is 5. The van der Waals surface area contributed by atoms with Gasteiger partial charge in [-0.25, -0.2) is 4.79 Å². The van der Waals surface area contributed by atoms with Crippen molar-refractivity contribution in [3.05, 3.63) is 23.7 Å². The number of carbonyl (C=O) groups is 2. The third-order valence-electron chi connectivity index (χ3n) is 2.05. The van der Waals surface area contributed by atoms with Crippen LogP contribution >= 0.6 is 0 Å². The van der Waals surface area contributed by atoms with E-state index in [0.29, 0.717) is 5.76 Å². The SMILES string of the molecule is COC(=O)c1ccc(C(N)CCC(=O)O)o1. The molecule has 1 atom stereocenters. The first-order chi connectivity index (χ1) is 7.54. The van der Waals surface area contributed by atoms with E-state index in [9.17, 15) is 9.59 Å². The number of carboxylic acid groups (broad SMARTS) is 1. The van der Waals surface area contributed by atoms with Gasteiger partial charge in [0.2, 0.25) is 5.76 Å². The van der Waals surface area contributed by atoms with Crippen LogP contribution in [0.1, 0.15) is 35.2 Å². The molecule has 0 spiro atoms. The smallest absolute Gasteiger partial charge is 0.373 e. The highest BCUT2D eigenvalue weighted by Gasteiger charge is 2.16. The Morgan fingerprint density at radius 1 is 1.56 bits per heavy atom. The molecule has 16 heavy (non-hydrogen) atoms. The summed E-state index contributed by atoms with van der Waals surface area (Å²) in [4.78, 5) is 21.4. The highest BCUT2D eigenvalue weighted by atomic mass is 16.5. The number of carbonyl (C=O) groups excluding carboxylic acids is 1. The minimum absolute atomic E-state index is 0.0462. The second kappa shape index (κ2) is 5.32. The minimum Gasteiger partial charge on any atom is -0.481 e. The number of aliphatic carboxylic acids is 1. The van der Waals surface area contributed by atoms with Crippen LogP contribution in [0.5, 0.6) is 0 Å². The lowest BCUT2D eigenvalue weighted by Gasteiger charge is -2.05. The molecule has 0 aliphatic rings. The van der Waals surface area contributed by atoms with Crippen LogP contribution in [-0.2, 0) is 9.53 Å². The number of ether oxygens (including phenoxy) is 1. The zero-order valence-electron chi connectivity index (χ0n) is 8.80. The largest absolute Gasteiger partial charge is 0.481 e. The summed E-state index contributed by atoms with van der Waals surface area (Å²) in [5.41, 5.74) is 5.69. The molecule has 1 unspecified atom stereocenters. The second-order valence-electron chi connectivity index (χ2n) is 3.23. The molecule has 0 aliphatic heterocycles. The van der Waals surface area contributed by atoms with Crippen molar-refractivity contribution in [2.24, 2.45) is 5.73 Å². The van der Waals surface area contributed by atoms with Crippen molar-refractivity contribution < 1.29 is 23.8 Å². The molecule has 1 rings (SSSR count). The van der Waals surface area contributed by atoms with Crippen LogP contribution < -0.4 is 5.73 Å². The average molecular weight is 227 g/mol. The molecule has 6 nitrogen and oxygen atoms in total. The predicted octanol–water partition coefficient (Wildman–Crippen LogP) is 0.931. The fraction of sp³-hybridized carbons (Fsp3) is 0.400. The fourth-order valence-electron chi connectivity index (χ4n) is 1.18. The fourth-order valence-corrected chi connectivity index (χ4v) is 1.18. The summed E-state index contributed by atoms with van der Waals surface area (Å²) in [6, 6.07) is 2.45. The molecule has 0 aliphatic carbocycles. The van der Waals surface area contributed by atoms with E-state index in [1.54, 1.807) is 6.07 Å². The van der Waals surface area contributed by atoms with Crippen molar-refractivity contribution in [2.75, 3.05) is 7.11 Å². The van der Waals surface area contributed by atoms with Crippen LogP contribution in [0, 0.1) is 0 Å². The maximum atomic E-state index is 11.1. The van der Waals surface area contributed by atoms with Gasteiger partial charge in [0, 0.05) is 6.42 Å². The summed E-state index contributed by atoms with van der Waals surface area (Å²) in [6.45, 7) is 0. The van der Waals surface area contributed by atoms with E-state index in [4.69, 9.17) is 15.3 Å². The molecule has 0 radical (unpaired) electrons. The normalized spacial score (nSPS) is 12.1. The molecule has 1 aromatic heterocycles. The molecule has 1 heterocycles. The van der Waals surface area contributed by atoms with Gasteiger partial charge < -0.3 is 20.0 Å². The van der Waals surface area contributed by atoms with Crippen molar-refractivity contribution in [3.8, 4) is 0 Å². The number of esters is 1. The van der Waals surface area contributed by atoms with Crippen molar-refractivity contribution in [1.82, 2.24) is 0 Å². The van der Waals surface area contributed by atoms with Gasteiger partial charge in [-0.3, -0.25) is 4.79 Å². The Morgan fingerprint density at radius 3 is 2.81 bits per heavy atom. The maximum Gasteiger partial charge on any atom is 0.373 e. The van der Waals surface area contributed by atoms with Gasteiger partial charge in [0.05, 0.1) is 13.2 Å². The van der Waals surface area contributed by atoms with Gasteiger partial charge in [0.25, 0.3) is 0 Å². The molecule has 6 heteroatoms. The maximum absolute atomic E-state index is 11.1. The zero-order valence-corrected chi connectivity index (χ0v) is 8.80. The topological polar surface area (TPSA) is 103 Å². The average Bonchev–Trinajstić information content (AvgIpc) is 2.74. The van der Waals surface area contributed by atoms with E-state index >= 15 is 0 Å². The third kappa shape index (κ3) is 3.09. The molecule has 0 saturated heterocycles. The third-order valence-corrected chi connectivity index (χ3v) is 2.05. The number of furan rings is 1. The molecule has 3 N–H and O–H groups in total. The van der Waals surface area contributed by atoms with Crippen LogP contribution in [0.2, 0.25) is 0 Å². The van der Waals surface area contributed by atoms with Gasteiger partial charge >= 0.3 is 11.9 Å². The number of carboxylic acids is 1. The Hall–Kier alpha value is -1.82. The first kappa shape index (κ1) is 12.3. The summed E-state index contributed by atoms with van der Waals surface area (Å²) >= 11 is 0. The lowest BCUT2D eigenvalue weighted by atomic mass is 10.1. The molecule has 0 saturated carbocycles. The van der Waals surface area contributed by atoms with E-state index in [2.05, 4.69) is 4.74 Å². The van der Waals surface area contributed by atoms with Gasteiger partial charge in [-0.1, -0.05) is 0 Å². The van der Waals surface area contributed by atoms with Gasteiger partial charge in [-0.05, 0) is 18.6 Å². The molecular weight excluding hydrogens is 214 g/mol. The number of methoxy groups -OCH3 is 1. The zero-order chi connectivity index (χ0) is 12.1. The van der Waals surface area contributed by atoms with Crippen LogP contribution in [0.3, 0.4) is 0 Å².